The van der Waals surface area contributed by atoms with Crippen molar-refractivity contribution >= 4 is 11.9 Å². The first-order valence-electron chi connectivity index (χ1n) is 21.5. The maximum absolute atomic E-state index is 14.6. The highest BCUT2D eigenvalue weighted by molar-refractivity contribution is 5.31. The highest BCUT2D eigenvalue weighted by Crippen LogP contribution is 2.64. The van der Waals surface area contributed by atoms with Crippen molar-refractivity contribution in [1.82, 2.24) is 29.9 Å². The minimum Gasteiger partial charge on any atom is -0.457 e. The quantitative estimate of drug-likeness (QED) is 0.0549. The molecule has 0 fully saturated rings. The number of nitrogens with zero attached hydrogens (tertiary/aromatic N) is 6. The summed E-state index contributed by atoms with van der Waals surface area (Å²) in [5, 5.41) is 2.17. The summed E-state index contributed by atoms with van der Waals surface area (Å²) in [6, 6.07) is -12.3. The summed E-state index contributed by atoms with van der Waals surface area (Å²) >= 11 is 0. The molecule has 0 radical (unpaired) electrons. The molecule has 12 nitrogen and oxygen atoms in total. The Labute approximate surface area is 486 Å². The molecular formula is C34H12F50N8O4. The first-order chi connectivity index (χ1) is 41.5. The van der Waals surface area contributed by atoms with E-state index >= 15 is 0 Å². The molecule has 562 valence electrons. The van der Waals surface area contributed by atoms with Gasteiger partial charge >= 0.3 is 161 Å². The van der Waals surface area contributed by atoms with Crippen molar-refractivity contribution in [2.24, 2.45) is 0 Å². The fourth-order valence-electron chi connectivity index (χ4n) is 5.30. The molecule has 62 heteroatoms. The van der Waals surface area contributed by atoms with Crippen molar-refractivity contribution < 1.29 is 238 Å². The molecule has 0 bridgehead atoms. The molecule has 0 unspecified atom stereocenters. The summed E-state index contributed by atoms with van der Waals surface area (Å²) in [5.74, 6) is -156. The maximum atomic E-state index is 14.6. The number of rotatable bonds is 31. The molecule has 0 aliphatic heterocycles. The van der Waals surface area contributed by atoms with E-state index in [-0.39, 0.29) is 0 Å². The van der Waals surface area contributed by atoms with Gasteiger partial charge in [0.2, 0.25) is 11.9 Å². The van der Waals surface area contributed by atoms with Gasteiger partial charge in [-0.2, -0.15) is 239 Å². The van der Waals surface area contributed by atoms with Gasteiger partial charge in [-0.15, -0.1) is 9.97 Å². The Bertz CT molecular complexity index is 2930. The molecule has 0 saturated carbocycles. The van der Waals surface area contributed by atoms with E-state index in [2.05, 4.69) is 43.9 Å². The number of alkyl halides is 50. The van der Waals surface area contributed by atoms with Crippen molar-refractivity contribution in [3.8, 4) is 24.0 Å². The average Bonchev–Trinajstić information content (AvgIpc) is 0.731. The van der Waals surface area contributed by atoms with Crippen LogP contribution in [0.3, 0.4) is 0 Å². The molecule has 2 aromatic heterocycles. The van der Waals surface area contributed by atoms with E-state index in [0.29, 0.717) is 0 Å². The molecule has 0 aliphatic carbocycles. The predicted molar refractivity (Wildman–Crippen MR) is 192 cm³/mol. The molecule has 0 saturated heterocycles. The van der Waals surface area contributed by atoms with Crippen LogP contribution < -0.4 is 29.6 Å². The van der Waals surface area contributed by atoms with Crippen molar-refractivity contribution in [1.29, 1.82) is 0 Å². The van der Waals surface area contributed by atoms with Gasteiger partial charge in [0.1, 0.15) is 0 Å². The number of ether oxygens (including phenoxy) is 4. The second kappa shape index (κ2) is 24.3. The number of hydrogen-bond donors (Lipinski definition) is 2. The van der Waals surface area contributed by atoms with E-state index in [0.717, 1.165) is 10.6 Å². The molecule has 0 spiro atoms. The van der Waals surface area contributed by atoms with Crippen LogP contribution in [0.2, 0.25) is 0 Å². The van der Waals surface area contributed by atoms with Crippen LogP contribution in [-0.2, 0) is 0 Å². The van der Waals surface area contributed by atoms with Gasteiger partial charge < -0.3 is 29.6 Å². The Morgan fingerprint density at radius 2 is 0.385 bits per heavy atom. The zero-order valence-corrected chi connectivity index (χ0v) is 42.3. The second-order valence-electron chi connectivity index (χ2n) is 17.5. The SMILES string of the molecule is FC(F)(F)C(F)(F)C(F)(F)C(F)(F)C(F)(F)COc1nc(NCCNc2nc(OCC(F)(F)C(F)(F)C(F)(F)C(F)(F)C(F)(F)C(F)(F)F)nc(OCC(F)(F)C(F)(F)C(F)(F)C(F)(F)C(F)(F)C(F)(F)F)n2)nc(OC(F)(F)C(F)(F)C(F)(F)C(F)(F)C(F)(F)C(F)(F)F)n1. The Kier molecular flexibility index (Phi) is 21.7. The van der Waals surface area contributed by atoms with Gasteiger partial charge in [0, 0.05) is 13.1 Å². The molecule has 0 aliphatic rings. The van der Waals surface area contributed by atoms with Gasteiger partial charge in [-0.3, -0.25) is 0 Å². The van der Waals surface area contributed by atoms with Gasteiger partial charge in [-0.1, -0.05) is 0 Å². The van der Waals surface area contributed by atoms with E-state index in [1.807, 2.05) is 4.98 Å². The normalized spacial score (nSPS) is 15.8. The Balaban J connectivity index is 2.91. The van der Waals surface area contributed by atoms with E-state index in [1.54, 1.807) is 0 Å². The first kappa shape index (κ1) is 85.4. The van der Waals surface area contributed by atoms with Crippen LogP contribution in [0, 0.1) is 0 Å². The zero-order valence-electron chi connectivity index (χ0n) is 42.3. The summed E-state index contributed by atoms with van der Waals surface area (Å²) in [5.41, 5.74) is 0. The topological polar surface area (TPSA) is 138 Å². The van der Waals surface area contributed by atoms with E-state index < -0.39 is 206 Å². The molecule has 2 aromatic rings. The summed E-state index contributed by atoms with van der Waals surface area (Å²) in [7, 11) is 0. The minimum atomic E-state index is -8.92. The Morgan fingerprint density at radius 3 is 0.604 bits per heavy atom. The van der Waals surface area contributed by atoms with Crippen LogP contribution in [0.5, 0.6) is 24.0 Å². The van der Waals surface area contributed by atoms with Crippen LogP contribution >= 0.6 is 0 Å². The highest BCUT2D eigenvalue weighted by Gasteiger charge is 2.95. The second-order valence-corrected chi connectivity index (χ2v) is 17.5. The lowest BCUT2D eigenvalue weighted by atomic mass is 9.94. The number of aromatic nitrogens is 6. The molecule has 2 rings (SSSR count). The van der Waals surface area contributed by atoms with Gasteiger partial charge in [0.25, 0.3) is 0 Å². The minimum absolute atomic E-state index is 1.04. The van der Waals surface area contributed by atoms with Gasteiger partial charge in [-0.25, -0.2) is 0 Å². The average molecular weight is 1550 g/mol. The molecule has 2 N–H and O–H groups in total. The lowest BCUT2D eigenvalue weighted by molar-refractivity contribution is -0.457. The molecule has 0 amide bonds. The van der Waals surface area contributed by atoms with Crippen LogP contribution in [0.25, 0.3) is 0 Å². The summed E-state index contributed by atoms with van der Waals surface area (Å²) < 4.78 is 693. The molecule has 0 atom stereocenters. The lowest BCUT2D eigenvalue weighted by Gasteiger charge is -2.39. The number of nitrogens with one attached hydrogen (secondary N) is 2. The van der Waals surface area contributed by atoms with Crippen LogP contribution in [-0.4, -0.2) is 200 Å². The molecule has 0 aromatic carbocycles. The highest BCUT2D eigenvalue weighted by atomic mass is 19.5. The zero-order chi connectivity index (χ0) is 77.0. The third-order valence-corrected chi connectivity index (χ3v) is 10.8. The predicted octanol–water partition coefficient (Wildman–Crippen LogP) is 15.4. The van der Waals surface area contributed by atoms with Crippen molar-refractivity contribution in [2.75, 3.05) is 43.5 Å². The van der Waals surface area contributed by atoms with E-state index in [4.69, 9.17) is 0 Å². The molecule has 2 heterocycles. The smallest absolute Gasteiger partial charge is 0.457 e. The number of halogens is 50. The van der Waals surface area contributed by atoms with Crippen LogP contribution in [0.1, 0.15) is 0 Å². The van der Waals surface area contributed by atoms with Crippen molar-refractivity contribution in [3.63, 3.8) is 0 Å². The van der Waals surface area contributed by atoms with Crippen molar-refractivity contribution in [2.45, 2.75) is 137 Å². The summed E-state index contributed by atoms with van der Waals surface area (Å²) in [4.78, 5) is 13.1. The Hall–Kier alpha value is -6.68. The van der Waals surface area contributed by atoms with Gasteiger partial charge in [0.15, 0.2) is 19.8 Å². The summed E-state index contributed by atoms with van der Waals surface area (Å²) in [6.07, 6.45) is -40.4. The fourth-order valence-corrected chi connectivity index (χ4v) is 5.30. The number of hydrogen-bond acceptors (Lipinski definition) is 12. The van der Waals surface area contributed by atoms with Crippen LogP contribution in [0.15, 0.2) is 0 Å². The maximum Gasteiger partial charge on any atom is 0.473 e. The Morgan fingerprint density at radius 1 is 0.208 bits per heavy atom. The standard InChI is InChI=1S/C34H12F50N8O4/c35-12(36,15(41,42)18(47,48)21(53,54)26(63,64)31(74,75)76)3-93-8-87-6(88-9(91-8)94-4-13(37,38)16(43,44)19(49,50)22(55,56)27(65,66)32(77,78)79)85-1-2-86-7-89-10(95-5-14(39,40)17(45,46)20(51,52)25(61,62)30(71,72)73)92-11(90-7)96-34(83,84)29(69,70)24(59,60)23(57,58)28(67,68)33(80,81)82/h1-5H2,(H,85,87,88,91)(H,86,89,90,92). The largest absolute Gasteiger partial charge is 0.473 e. The molecule has 96 heavy (non-hydrogen) atoms. The van der Waals surface area contributed by atoms with E-state index in [1.165, 1.54) is 0 Å². The fraction of sp³-hybridized carbons (Fsp3) is 0.824. The third kappa shape index (κ3) is 13.7. The third-order valence-electron chi connectivity index (χ3n) is 10.8. The number of anilines is 2. The van der Waals surface area contributed by atoms with Gasteiger partial charge in [-0.05, 0) is 0 Å². The van der Waals surface area contributed by atoms with Crippen molar-refractivity contribution in [3.05, 3.63) is 0 Å². The monoisotopic (exact) mass is 1550 g/mol. The first-order valence-corrected chi connectivity index (χ1v) is 21.5. The lowest BCUT2D eigenvalue weighted by Crippen LogP contribution is -2.70. The summed E-state index contributed by atoms with van der Waals surface area (Å²) in [6.45, 7) is -16.3. The van der Waals surface area contributed by atoms with E-state index in [9.17, 15) is 220 Å². The van der Waals surface area contributed by atoms with Crippen LogP contribution in [0.4, 0.5) is 231 Å². The molecular weight excluding hydrogens is 1530 g/mol. The van der Waals surface area contributed by atoms with Gasteiger partial charge in [0.05, 0.1) is 0 Å².